The van der Waals surface area contributed by atoms with Gasteiger partial charge in [-0.15, -0.1) is 11.6 Å². The number of carbonyl (C=O) groups is 1. The molecule has 0 bridgehead atoms. The topological polar surface area (TPSA) is 29.1 Å². The monoisotopic (exact) mass is 313 g/mol. The molecule has 4 atom stereocenters. The van der Waals surface area contributed by atoms with E-state index < -0.39 is 0 Å². The molecule has 0 aromatic carbocycles. The van der Waals surface area contributed by atoms with Crippen LogP contribution < -0.4 is 5.32 Å². The number of amides is 1. The van der Waals surface area contributed by atoms with E-state index in [1.165, 1.54) is 32.1 Å². The molecule has 2 aliphatic rings. The molecule has 1 amide bonds. The molecule has 21 heavy (non-hydrogen) atoms. The van der Waals surface area contributed by atoms with E-state index in [0.29, 0.717) is 5.88 Å². The van der Waals surface area contributed by atoms with Gasteiger partial charge in [-0.2, -0.15) is 0 Å². The molecule has 2 rings (SSSR count). The largest absolute Gasteiger partial charge is 0.353 e. The van der Waals surface area contributed by atoms with Crippen LogP contribution in [-0.2, 0) is 4.79 Å². The van der Waals surface area contributed by atoms with Gasteiger partial charge in [-0.1, -0.05) is 46.5 Å². The standard InChI is InChI=1S/C18H32ClNO/c1-18(2,3)16(10-11-19)20-17(21)15-9-8-13-6-4-5-7-14(13)12-15/h13-16H,4-12H2,1-3H3,(H,20,21). The van der Waals surface area contributed by atoms with Gasteiger partial charge in [-0.3, -0.25) is 4.79 Å². The normalized spacial score (nSPS) is 31.3. The Morgan fingerprint density at radius 2 is 1.81 bits per heavy atom. The molecule has 0 saturated heterocycles. The van der Waals surface area contributed by atoms with Gasteiger partial charge in [0.1, 0.15) is 0 Å². The summed E-state index contributed by atoms with van der Waals surface area (Å²) in [6, 6.07) is 0.187. The highest BCUT2D eigenvalue weighted by molar-refractivity contribution is 6.17. The van der Waals surface area contributed by atoms with Gasteiger partial charge in [0.25, 0.3) is 0 Å². The SMILES string of the molecule is CC(C)(C)C(CCCl)NC(=O)C1CCC2CCCCC2C1. The molecule has 122 valence electrons. The van der Waals surface area contributed by atoms with E-state index in [-0.39, 0.29) is 23.3 Å². The smallest absolute Gasteiger partial charge is 0.223 e. The van der Waals surface area contributed by atoms with E-state index in [1.54, 1.807) is 0 Å². The van der Waals surface area contributed by atoms with Crippen molar-refractivity contribution in [3.63, 3.8) is 0 Å². The Morgan fingerprint density at radius 3 is 2.43 bits per heavy atom. The van der Waals surface area contributed by atoms with Crippen molar-refractivity contribution in [1.82, 2.24) is 5.32 Å². The lowest BCUT2D eigenvalue weighted by Gasteiger charge is -2.40. The van der Waals surface area contributed by atoms with Crippen molar-refractivity contribution in [3.8, 4) is 0 Å². The van der Waals surface area contributed by atoms with Crippen LogP contribution >= 0.6 is 11.6 Å². The molecule has 0 aromatic heterocycles. The summed E-state index contributed by atoms with van der Waals surface area (Å²) in [6.45, 7) is 6.55. The zero-order valence-corrected chi connectivity index (χ0v) is 14.7. The fraction of sp³-hybridized carbons (Fsp3) is 0.944. The molecule has 0 heterocycles. The lowest BCUT2D eigenvalue weighted by Crippen LogP contribution is -2.47. The second kappa shape index (κ2) is 7.35. The van der Waals surface area contributed by atoms with Gasteiger partial charge in [-0.25, -0.2) is 0 Å². The van der Waals surface area contributed by atoms with Gasteiger partial charge < -0.3 is 5.32 Å². The van der Waals surface area contributed by atoms with Crippen molar-refractivity contribution in [2.75, 3.05) is 5.88 Å². The lowest BCUT2D eigenvalue weighted by atomic mass is 9.67. The Kier molecular flexibility index (Phi) is 5.99. The second-order valence-corrected chi connectivity index (χ2v) is 8.60. The summed E-state index contributed by atoms with van der Waals surface area (Å²) in [5, 5.41) is 3.30. The number of rotatable bonds is 4. The minimum atomic E-state index is 0.0760. The Balaban J connectivity index is 1.90. The predicted octanol–water partition coefficient (Wildman–Crippen LogP) is 4.75. The molecular formula is C18H32ClNO. The third-order valence-electron chi connectivity index (χ3n) is 5.67. The first-order valence-corrected chi connectivity index (χ1v) is 9.31. The summed E-state index contributed by atoms with van der Waals surface area (Å²) in [7, 11) is 0. The number of hydrogen-bond donors (Lipinski definition) is 1. The number of carbonyl (C=O) groups excluding carboxylic acids is 1. The maximum atomic E-state index is 12.7. The summed E-state index contributed by atoms with van der Waals surface area (Å²) in [5.41, 5.74) is 0.0760. The number of halogens is 1. The highest BCUT2D eigenvalue weighted by atomic mass is 35.5. The number of nitrogens with one attached hydrogen (secondary N) is 1. The van der Waals surface area contributed by atoms with E-state index in [1.807, 2.05) is 0 Å². The Bertz CT molecular complexity index is 350. The van der Waals surface area contributed by atoms with Crippen molar-refractivity contribution in [2.24, 2.45) is 23.2 Å². The first-order valence-electron chi connectivity index (χ1n) is 8.78. The molecule has 4 unspecified atom stereocenters. The third-order valence-corrected chi connectivity index (χ3v) is 5.89. The molecule has 2 aliphatic carbocycles. The van der Waals surface area contributed by atoms with Gasteiger partial charge in [0.2, 0.25) is 5.91 Å². The first-order chi connectivity index (χ1) is 9.91. The molecule has 1 N–H and O–H groups in total. The number of hydrogen-bond acceptors (Lipinski definition) is 1. The highest BCUT2D eigenvalue weighted by Crippen LogP contribution is 2.42. The van der Waals surface area contributed by atoms with Crippen LogP contribution in [0.15, 0.2) is 0 Å². The molecular weight excluding hydrogens is 282 g/mol. The fourth-order valence-corrected chi connectivity index (χ4v) is 4.45. The van der Waals surface area contributed by atoms with Crippen molar-refractivity contribution < 1.29 is 4.79 Å². The predicted molar refractivity (Wildman–Crippen MR) is 89.5 cm³/mol. The molecule has 0 aromatic rings. The van der Waals surface area contributed by atoms with Crippen LogP contribution in [-0.4, -0.2) is 17.8 Å². The van der Waals surface area contributed by atoms with Gasteiger partial charge in [-0.05, 0) is 42.9 Å². The maximum Gasteiger partial charge on any atom is 0.223 e. The van der Waals surface area contributed by atoms with Crippen molar-refractivity contribution in [2.45, 2.75) is 78.2 Å². The van der Waals surface area contributed by atoms with Crippen LogP contribution in [0, 0.1) is 23.2 Å². The lowest BCUT2D eigenvalue weighted by molar-refractivity contribution is -0.128. The molecule has 0 radical (unpaired) electrons. The quantitative estimate of drug-likeness (QED) is 0.745. The zero-order chi connectivity index (χ0) is 15.5. The maximum absolute atomic E-state index is 12.7. The van der Waals surface area contributed by atoms with Gasteiger partial charge >= 0.3 is 0 Å². The highest BCUT2D eigenvalue weighted by Gasteiger charge is 2.36. The fourth-order valence-electron chi connectivity index (χ4n) is 4.23. The van der Waals surface area contributed by atoms with E-state index >= 15 is 0 Å². The summed E-state index contributed by atoms with van der Waals surface area (Å²) in [5.74, 6) is 2.85. The average molecular weight is 314 g/mol. The minimum Gasteiger partial charge on any atom is -0.353 e. The summed E-state index contributed by atoms with van der Waals surface area (Å²) >= 11 is 5.91. The van der Waals surface area contributed by atoms with Crippen molar-refractivity contribution >= 4 is 17.5 Å². The van der Waals surface area contributed by atoms with E-state index in [4.69, 9.17) is 11.6 Å². The van der Waals surface area contributed by atoms with E-state index in [2.05, 4.69) is 26.1 Å². The first kappa shape index (κ1) is 17.1. The van der Waals surface area contributed by atoms with Crippen LogP contribution in [0.25, 0.3) is 0 Å². The van der Waals surface area contributed by atoms with Crippen LogP contribution in [0.3, 0.4) is 0 Å². The van der Waals surface area contributed by atoms with Gasteiger partial charge in [0, 0.05) is 17.8 Å². The van der Waals surface area contributed by atoms with E-state index in [0.717, 1.165) is 31.1 Å². The van der Waals surface area contributed by atoms with Crippen LogP contribution in [0.2, 0.25) is 0 Å². The molecule has 0 aliphatic heterocycles. The molecule has 2 saturated carbocycles. The van der Waals surface area contributed by atoms with Gasteiger partial charge in [0.15, 0.2) is 0 Å². The average Bonchev–Trinajstić information content (AvgIpc) is 2.45. The Morgan fingerprint density at radius 1 is 1.14 bits per heavy atom. The minimum absolute atomic E-state index is 0.0760. The summed E-state index contributed by atoms with van der Waals surface area (Å²) < 4.78 is 0. The number of alkyl halides is 1. The second-order valence-electron chi connectivity index (χ2n) is 8.22. The molecule has 2 nitrogen and oxygen atoms in total. The Labute approximate surface area is 135 Å². The van der Waals surface area contributed by atoms with Crippen LogP contribution in [0.5, 0.6) is 0 Å². The van der Waals surface area contributed by atoms with Gasteiger partial charge in [0.05, 0.1) is 0 Å². The molecule has 0 spiro atoms. The molecule has 3 heteroatoms. The Hall–Kier alpha value is -0.240. The van der Waals surface area contributed by atoms with Crippen molar-refractivity contribution in [3.05, 3.63) is 0 Å². The van der Waals surface area contributed by atoms with E-state index in [9.17, 15) is 4.79 Å². The zero-order valence-electron chi connectivity index (χ0n) is 14.0. The third kappa shape index (κ3) is 4.61. The van der Waals surface area contributed by atoms with Crippen molar-refractivity contribution in [1.29, 1.82) is 0 Å². The summed E-state index contributed by atoms with van der Waals surface area (Å²) in [4.78, 5) is 12.7. The summed E-state index contributed by atoms with van der Waals surface area (Å²) in [6.07, 6.45) is 9.84. The van der Waals surface area contributed by atoms with Crippen LogP contribution in [0.1, 0.15) is 72.1 Å². The number of fused-ring (bicyclic) bond motifs is 1. The molecule has 2 fully saturated rings. The van der Waals surface area contributed by atoms with Crippen LogP contribution in [0.4, 0.5) is 0 Å².